The number of rotatable bonds is 2. The molecule has 1 fully saturated rings. The summed E-state index contributed by atoms with van der Waals surface area (Å²) in [5.74, 6) is 0.242. The number of imide groups is 1. The minimum atomic E-state index is -0.615. The van der Waals surface area contributed by atoms with E-state index in [1.807, 2.05) is 71.5 Å². The highest BCUT2D eigenvalue weighted by Crippen LogP contribution is 2.41. The van der Waals surface area contributed by atoms with Crippen LogP contribution in [0.3, 0.4) is 0 Å². The van der Waals surface area contributed by atoms with Crippen LogP contribution in [0.15, 0.2) is 59.7 Å². The Morgan fingerprint density at radius 2 is 1.83 bits per heavy atom. The average molecular weight is 408 g/mol. The number of hydrogen-bond acceptors (Lipinski definition) is 5. The number of hydrogen-bond donors (Lipinski definition) is 1. The third-order valence-electron chi connectivity index (χ3n) is 5.53. The summed E-state index contributed by atoms with van der Waals surface area (Å²) in [5.41, 5.74) is 3.66. The van der Waals surface area contributed by atoms with E-state index >= 15 is 0 Å². The Bertz CT molecular complexity index is 1100. The number of amides is 3. The zero-order valence-electron chi connectivity index (χ0n) is 15.8. The van der Waals surface area contributed by atoms with Crippen molar-refractivity contribution in [3.63, 3.8) is 0 Å². The molecule has 3 aliphatic rings. The Morgan fingerprint density at radius 3 is 2.59 bits per heavy atom. The van der Waals surface area contributed by atoms with Crippen LogP contribution in [0, 0.1) is 6.92 Å². The molecule has 29 heavy (non-hydrogen) atoms. The molecule has 3 aliphatic heterocycles. The predicted molar refractivity (Wildman–Crippen MR) is 111 cm³/mol. The third kappa shape index (κ3) is 2.54. The lowest BCUT2D eigenvalue weighted by atomic mass is 10.1. The van der Waals surface area contributed by atoms with Crippen molar-refractivity contribution in [3.05, 3.63) is 70.9 Å². The molecule has 5 rings (SSSR count). The van der Waals surface area contributed by atoms with E-state index in [2.05, 4.69) is 5.32 Å². The maximum Gasteiger partial charge on any atom is 0.325 e. The fourth-order valence-electron chi connectivity index (χ4n) is 3.97. The number of fused-ring (bicyclic) bond motifs is 3. The van der Waals surface area contributed by atoms with Gasteiger partial charge in [0, 0.05) is 23.8 Å². The Balaban J connectivity index is 1.68. The summed E-state index contributed by atoms with van der Waals surface area (Å²) in [6.45, 7) is 1.95. The molecule has 0 spiro atoms. The summed E-state index contributed by atoms with van der Waals surface area (Å²) in [5, 5.41) is 3.05. The molecule has 2 aromatic rings. The Morgan fingerprint density at radius 1 is 1.07 bits per heavy atom. The maximum absolute atomic E-state index is 12.6. The Kier molecular flexibility index (Phi) is 3.89. The molecular weight excluding hydrogens is 390 g/mol. The number of likely N-dealkylation sites (N-methyl/N-ethyl adjacent to an activating group) is 1. The van der Waals surface area contributed by atoms with Crippen molar-refractivity contribution in [3.8, 4) is 0 Å². The monoisotopic (exact) mass is 407 g/mol. The second-order valence-electron chi connectivity index (χ2n) is 7.20. The van der Waals surface area contributed by atoms with Crippen LogP contribution in [-0.2, 0) is 4.79 Å². The zero-order chi connectivity index (χ0) is 20.3. The molecule has 0 radical (unpaired) electrons. The number of carbonyl (C=O) groups excluding carboxylic acids is 2. The second kappa shape index (κ2) is 6.35. The molecular formula is C21H18ClN5O2. The van der Waals surface area contributed by atoms with Crippen LogP contribution in [-0.4, -0.2) is 47.0 Å². The molecule has 2 aromatic carbocycles. The SMILES string of the molecule is Cc1c(Cl)cccc1N1C(c2ccccc2)=CN2C1=NC1C2C(=O)NC(=O)N1C. The first-order valence-electron chi connectivity index (χ1n) is 9.23. The Hall–Kier alpha value is -3.32. The van der Waals surface area contributed by atoms with Gasteiger partial charge in [0.15, 0.2) is 12.2 Å². The highest BCUT2D eigenvalue weighted by Gasteiger charge is 2.52. The summed E-state index contributed by atoms with van der Waals surface area (Å²) < 4.78 is 0. The van der Waals surface area contributed by atoms with Gasteiger partial charge in [-0.1, -0.05) is 48.0 Å². The number of nitrogens with one attached hydrogen (secondary N) is 1. The molecule has 3 heterocycles. The van der Waals surface area contributed by atoms with Crippen LogP contribution in [0.2, 0.25) is 5.02 Å². The van der Waals surface area contributed by atoms with Crippen LogP contribution in [0.1, 0.15) is 11.1 Å². The van der Waals surface area contributed by atoms with Gasteiger partial charge in [0.25, 0.3) is 5.91 Å². The molecule has 3 amide bonds. The summed E-state index contributed by atoms with van der Waals surface area (Å²) in [7, 11) is 1.64. The van der Waals surface area contributed by atoms with E-state index in [0.29, 0.717) is 11.0 Å². The van der Waals surface area contributed by atoms with Gasteiger partial charge in [0.1, 0.15) is 0 Å². The van der Waals surface area contributed by atoms with Gasteiger partial charge in [-0.25, -0.2) is 9.79 Å². The van der Waals surface area contributed by atoms with E-state index in [-0.39, 0.29) is 5.91 Å². The van der Waals surface area contributed by atoms with Gasteiger partial charge in [0.2, 0.25) is 5.96 Å². The van der Waals surface area contributed by atoms with Crippen LogP contribution in [0.4, 0.5) is 10.5 Å². The van der Waals surface area contributed by atoms with E-state index in [1.54, 1.807) is 7.05 Å². The maximum atomic E-state index is 12.6. The number of urea groups is 1. The van der Waals surface area contributed by atoms with E-state index in [9.17, 15) is 9.59 Å². The van der Waals surface area contributed by atoms with Crippen LogP contribution >= 0.6 is 11.6 Å². The number of halogens is 1. The van der Waals surface area contributed by atoms with Crippen molar-refractivity contribution in [2.24, 2.45) is 4.99 Å². The first kappa shape index (κ1) is 17.8. The minimum Gasteiger partial charge on any atom is -0.303 e. The molecule has 2 unspecified atom stereocenters. The molecule has 8 heteroatoms. The lowest BCUT2D eigenvalue weighted by Crippen LogP contribution is -2.62. The quantitative estimate of drug-likeness (QED) is 0.830. The van der Waals surface area contributed by atoms with Crippen molar-refractivity contribution < 1.29 is 9.59 Å². The predicted octanol–water partition coefficient (Wildman–Crippen LogP) is 3.01. The van der Waals surface area contributed by atoms with Gasteiger partial charge in [-0.3, -0.25) is 19.9 Å². The fourth-order valence-corrected chi connectivity index (χ4v) is 4.14. The van der Waals surface area contributed by atoms with Crippen LogP contribution in [0.5, 0.6) is 0 Å². The Labute approximate surface area is 172 Å². The third-order valence-corrected chi connectivity index (χ3v) is 5.94. The molecule has 146 valence electrons. The molecule has 1 N–H and O–H groups in total. The van der Waals surface area contributed by atoms with Gasteiger partial charge in [-0.2, -0.15) is 0 Å². The molecule has 0 bridgehead atoms. The highest BCUT2D eigenvalue weighted by molar-refractivity contribution is 6.32. The van der Waals surface area contributed by atoms with Gasteiger partial charge >= 0.3 is 6.03 Å². The number of aliphatic imine (C=N–C) groups is 1. The molecule has 0 saturated carbocycles. The number of carbonyl (C=O) groups is 2. The smallest absolute Gasteiger partial charge is 0.303 e. The van der Waals surface area contributed by atoms with Crippen molar-refractivity contribution in [1.29, 1.82) is 0 Å². The van der Waals surface area contributed by atoms with Gasteiger partial charge in [-0.05, 0) is 24.6 Å². The standard InChI is InChI=1S/C21H18ClN5O2/c1-12-14(22)9-6-10-15(12)27-16(13-7-4-3-5-8-13)11-26-17-18(23-20(26)27)25(2)21(29)24-19(17)28/h3-11,17-18H,1-2H3,(H,24,28,29). The number of benzene rings is 2. The second-order valence-corrected chi connectivity index (χ2v) is 7.61. The fraction of sp³-hybridized carbons (Fsp3) is 0.190. The lowest BCUT2D eigenvalue weighted by Gasteiger charge is -2.34. The van der Waals surface area contributed by atoms with E-state index in [1.165, 1.54) is 4.90 Å². The minimum absolute atomic E-state index is 0.356. The number of guanidine groups is 1. The molecule has 0 aromatic heterocycles. The normalized spacial score (nSPS) is 22.9. The van der Waals surface area contributed by atoms with Crippen molar-refractivity contribution in [2.75, 3.05) is 11.9 Å². The summed E-state index contributed by atoms with van der Waals surface area (Å²) in [4.78, 5) is 34.8. The van der Waals surface area contributed by atoms with E-state index in [4.69, 9.17) is 16.6 Å². The summed E-state index contributed by atoms with van der Waals surface area (Å²) in [6.07, 6.45) is 1.34. The number of anilines is 1. The van der Waals surface area contributed by atoms with Crippen molar-refractivity contribution in [2.45, 2.75) is 19.1 Å². The molecule has 1 saturated heterocycles. The van der Waals surface area contributed by atoms with Crippen molar-refractivity contribution in [1.82, 2.24) is 15.1 Å². The lowest BCUT2D eigenvalue weighted by molar-refractivity contribution is -0.126. The largest absolute Gasteiger partial charge is 0.325 e. The van der Waals surface area contributed by atoms with Gasteiger partial charge in [0.05, 0.1) is 11.4 Å². The van der Waals surface area contributed by atoms with E-state index in [0.717, 1.165) is 22.5 Å². The van der Waals surface area contributed by atoms with Crippen molar-refractivity contribution >= 4 is 40.9 Å². The van der Waals surface area contributed by atoms with Gasteiger partial charge < -0.3 is 4.90 Å². The summed E-state index contributed by atoms with van der Waals surface area (Å²) >= 11 is 6.40. The van der Waals surface area contributed by atoms with Gasteiger partial charge in [-0.15, -0.1) is 0 Å². The zero-order valence-corrected chi connectivity index (χ0v) is 16.6. The van der Waals surface area contributed by atoms with Crippen LogP contribution in [0.25, 0.3) is 5.70 Å². The highest BCUT2D eigenvalue weighted by atomic mass is 35.5. The van der Waals surface area contributed by atoms with Crippen LogP contribution < -0.4 is 10.2 Å². The average Bonchev–Trinajstić information content (AvgIpc) is 3.26. The number of nitrogens with zero attached hydrogens (tertiary/aromatic N) is 4. The first-order valence-corrected chi connectivity index (χ1v) is 9.61. The topological polar surface area (TPSA) is 68.2 Å². The first-order chi connectivity index (χ1) is 14.0. The molecule has 0 aliphatic carbocycles. The van der Waals surface area contributed by atoms with E-state index < -0.39 is 18.2 Å². The molecule has 7 nitrogen and oxygen atoms in total. The molecule has 2 atom stereocenters. The summed E-state index contributed by atoms with van der Waals surface area (Å²) in [6, 6.07) is 14.6.